The van der Waals surface area contributed by atoms with Crippen LogP contribution in [-0.4, -0.2) is 65.4 Å². The zero-order valence-electron chi connectivity index (χ0n) is 17.3. The first-order valence-electron chi connectivity index (χ1n) is 10.1. The third-order valence-corrected chi connectivity index (χ3v) is 7.39. The van der Waals surface area contributed by atoms with Crippen molar-refractivity contribution in [2.75, 3.05) is 11.5 Å². The molecule has 2 aromatic rings. The first-order chi connectivity index (χ1) is 14.7. The number of carbonyl (C=O) groups is 3. The Bertz CT molecular complexity index is 1210. The van der Waals surface area contributed by atoms with Gasteiger partial charge in [0.2, 0.25) is 11.7 Å². The number of hydrogen-bond donors (Lipinski definition) is 1. The van der Waals surface area contributed by atoms with Crippen LogP contribution in [0.4, 0.5) is 0 Å². The smallest absolute Gasteiger partial charge is 0.355 e. The van der Waals surface area contributed by atoms with E-state index in [1.54, 1.807) is 6.92 Å². The summed E-state index contributed by atoms with van der Waals surface area (Å²) in [5, 5.41) is 5.95. The molecule has 1 amide bonds. The van der Waals surface area contributed by atoms with E-state index in [0.717, 1.165) is 15.9 Å². The van der Waals surface area contributed by atoms with E-state index in [1.165, 1.54) is 6.92 Å². The quantitative estimate of drug-likeness (QED) is 0.552. The van der Waals surface area contributed by atoms with Gasteiger partial charge in [0.15, 0.2) is 15.9 Å². The predicted octanol–water partition coefficient (Wildman–Crippen LogP) is 1.76. The Labute approximate surface area is 179 Å². The molecule has 31 heavy (non-hydrogen) atoms. The molecule has 2 aliphatic rings. The van der Waals surface area contributed by atoms with Crippen LogP contribution in [-0.2, 0) is 24.2 Å². The van der Waals surface area contributed by atoms with E-state index >= 15 is 0 Å². The fourth-order valence-electron chi connectivity index (χ4n) is 4.05. The standard InChI is InChI=1S/C21H23N3O6S/c1-12-19(15-5-3-4-6-16(15)22-12)20(26)13(2)30-21(27)17-7-8-18(25)24(23-17)14-9-10-31(28,29)11-14/h3-6,13-14,22H,7-11H2,1-2H3/t13-,14-/m1/s1. The van der Waals surface area contributed by atoms with E-state index in [-0.39, 0.29) is 48.2 Å². The third kappa shape index (κ3) is 4.12. The van der Waals surface area contributed by atoms with Gasteiger partial charge in [0, 0.05) is 35.0 Å². The van der Waals surface area contributed by atoms with Crippen LogP contribution in [0.15, 0.2) is 29.4 Å². The van der Waals surface area contributed by atoms with E-state index in [2.05, 4.69) is 10.1 Å². The lowest BCUT2D eigenvalue weighted by Crippen LogP contribution is -2.42. The number of para-hydroxylation sites is 1. The molecule has 1 N–H and O–H groups in total. The second-order valence-corrected chi connectivity index (χ2v) is 10.2. The SMILES string of the molecule is Cc1[nH]c2ccccc2c1C(=O)[C@@H](C)OC(=O)C1=NN([C@@H]2CCS(=O)(=O)C2)C(=O)CC1. The highest BCUT2D eigenvalue weighted by molar-refractivity contribution is 7.91. The summed E-state index contributed by atoms with van der Waals surface area (Å²) in [7, 11) is -3.21. The summed E-state index contributed by atoms with van der Waals surface area (Å²) in [6.07, 6.45) is -0.644. The summed E-state index contributed by atoms with van der Waals surface area (Å²) in [5.74, 6) is -1.62. The normalized spacial score (nSPS) is 21.7. The van der Waals surface area contributed by atoms with Crippen molar-refractivity contribution in [1.29, 1.82) is 0 Å². The highest BCUT2D eigenvalue weighted by atomic mass is 32.2. The van der Waals surface area contributed by atoms with Crippen molar-refractivity contribution in [3.8, 4) is 0 Å². The minimum atomic E-state index is -3.21. The number of rotatable bonds is 5. The highest BCUT2D eigenvalue weighted by Gasteiger charge is 2.38. The Hall–Kier alpha value is -3.01. The lowest BCUT2D eigenvalue weighted by molar-refractivity contribution is -0.139. The van der Waals surface area contributed by atoms with Crippen molar-refractivity contribution in [3.05, 3.63) is 35.5 Å². The summed E-state index contributed by atoms with van der Waals surface area (Å²) in [6.45, 7) is 3.28. The van der Waals surface area contributed by atoms with Crippen LogP contribution in [0.5, 0.6) is 0 Å². The molecule has 1 saturated heterocycles. The van der Waals surface area contributed by atoms with Crippen LogP contribution < -0.4 is 0 Å². The van der Waals surface area contributed by atoms with E-state index < -0.39 is 28.0 Å². The molecule has 1 aromatic carbocycles. The van der Waals surface area contributed by atoms with Crippen molar-refractivity contribution in [2.24, 2.45) is 5.10 Å². The lowest BCUT2D eigenvalue weighted by Gasteiger charge is -2.27. The van der Waals surface area contributed by atoms with E-state index in [4.69, 9.17) is 4.74 Å². The van der Waals surface area contributed by atoms with Gasteiger partial charge < -0.3 is 9.72 Å². The number of nitrogens with one attached hydrogen (secondary N) is 1. The van der Waals surface area contributed by atoms with Crippen molar-refractivity contribution in [3.63, 3.8) is 0 Å². The monoisotopic (exact) mass is 445 g/mol. The fraction of sp³-hybridized carbons (Fsp3) is 0.429. The molecule has 3 heterocycles. The minimum absolute atomic E-state index is 0.00768. The van der Waals surface area contributed by atoms with Gasteiger partial charge in [-0.15, -0.1) is 0 Å². The number of H-pyrrole nitrogens is 1. The van der Waals surface area contributed by atoms with Crippen LogP contribution in [0.2, 0.25) is 0 Å². The Balaban J connectivity index is 1.50. The Morgan fingerprint density at radius 3 is 2.71 bits per heavy atom. The highest BCUT2D eigenvalue weighted by Crippen LogP contribution is 2.25. The number of carbonyl (C=O) groups excluding carboxylic acids is 3. The average Bonchev–Trinajstić information content (AvgIpc) is 3.25. The number of ether oxygens (including phenoxy) is 1. The summed E-state index contributed by atoms with van der Waals surface area (Å²) in [4.78, 5) is 41.0. The molecular formula is C21H23N3O6S. The Morgan fingerprint density at radius 2 is 2.00 bits per heavy atom. The molecule has 0 radical (unpaired) electrons. The number of sulfone groups is 1. The number of hydrogen-bond acceptors (Lipinski definition) is 7. The second-order valence-electron chi connectivity index (χ2n) is 7.92. The van der Waals surface area contributed by atoms with Gasteiger partial charge in [-0.3, -0.25) is 9.59 Å². The molecule has 0 spiro atoms. The number of ketones is 1. The first-order valence-corrected chi connectivity index (χ1v) is 11.9. The van der Waals surface area contributed by atoms with Gasteiger partial charge in [0.25, 0.3) is 0 Å². The van der Waals surface area contributed by atoms with Crippen LogP contribution in [0.1, 0.15) is 42.2 Å². The second kappa shape index (κ2) is 7.92. The van der Waals surface area contributed by atoms with E-state index in [1.807, 2.05) is 24.3 Å². The summed E-state index contributed by atoms with van der Waals surface area (Å²) < 4.78 is 28.9. The van der Waals surface area contributed by atoms with Crippen LogP contribution in [0.25, 0.3) is 10.9 Å². The average molecular weight is 445 g/mol. The van der Waals surface area contributed by atoms with Crippen molar-refractivity contribution >= 4 is 44.1 Å². The van der Waals surface area contributed by atoms with Gasteiger partial charge >= 0.3 is 5.97 Å². The molecule has 0 saturated carbocycles. The maximum Gasteiger partial charge on any atom is 0.355 e. The molecular weight excluding hydrogens is 422 g/mol. The number of hydrazone groups is 1. The maximum atomic E-state index is 13.0. The molecule has 164 valence electrons. The molecule has 4 rings (SSSR count). The van der Waals surface area contributed by atoms with Crippen molar-refractivity contribution in [1.82, 2.24) is 9.99 Å². The zero-order valence-corrected chi connectivity index (χ0v) is 18.1. The number of fused-ring (bicyclic) bond motifs is 1. The van der Waals surface area contributed by atoms with Crippen LogP contribution in [0, 0.1) is 6.92 Å². The molecule has 1 fully saturated rings. The van der Waals surface area contributed by atoms with Gasteiger partial charge in [0.1, 0.15) is 5.71 Å². The number of Topliss-reactive ketones (excluding diaryl/α,β-unsaturated/α-hetero) is 1. The predicted molar refractivity (Wildman–Crippen MR) is 113 cm³/mol. The largest absolute Gasteiger partial charge is 0.450 e. The number of amides is 1. The molecule has 1 aromatic heterocycles. The lowest BCUT2D eigenvalue weighted by atomic mass is 10.0. The molecule has 2 aliphatic heterocycles. The molecule has 9 nitrogen and oxygen atoms in total. The number of aromatic amines is 1. The summed E-state index contributed by atoms with van der Waals surface area (Å²) in [6, 6.07) is 6.80. The number of nitrogens with zero attached hydrogens (tertiary/aromatic N) is 2. The van der Waals surface area contributed by atoms with E-state index in [0.29, 0.717) is 11.3 Å². The van der Waals surface area contributed by atoms with Gasteiger partial charge in [-0.05, 0) is 26.3 Å². The fourth-order valence-corrected chi connectivity index (χ4v) is 5.74. The molecule has 0 bridgehead atoms. The Kier molecular flexibility index (Phi) is 5.42. The number of esters is 1. The molecule has 0 aliphatic carbocycles. The summed E-state index contributed by atoms with van der Waals surface area (Å²) >= 11 is 0. The van der Waals surface area contributed by atoms with Gasteiger partial charge in [-0.2, -0.15) is 5.10 Å². The molecule has 10 heteroatoms. The Morgan fingerprint density at radius 1 is 1.26 bits per heavy atom. The third-order valence-electron chi connectivity index (χ3n) is 5.64. The van der Waals surface area contributed by atoms with Gasteiger partial charge in [-0.25, -0.2) is 18.2 Å². The van der Waals surface area contributed by atoms with E-state index in [9.17, 15) is 22.8 Å². The summed E-state index contributed by atoms with van der Waals surface area (Å²) in [5.41, 5.74) is 1.98. The van der Waals surface area contributed by atoms with Crippen molar-refractivity contribution < 1.29 is 27.5 Å². The van der Waals surface area contributed by atoms with Crippen LogP contribution >= 0.6 is 0 Å². The first kappa shape index (κ1) is 21.2. The van der Waals surface area contributed by atoms with Crippen molar-refractivity contribution in [2.45, 2.75) is 45.3 Å². The van der Waals surface area contributed by atoms with Gasteiger partial charge in [-0.1, -0.05) is 18.2 Å². The van der Waals surface area contributed by atoms with Gasteiger partial charge in [0.05, 0.1) is 17.5 Å². The number of aromatic nitrogens is 1. The number of benzene rings is 1. The van der Waals surface area contributed by atoms with Crippen LogP contribution in [0.3, 0.4) is 0 Å². The minimum Gasteiger partial charge on any atom is -0.450 e. The molecule has 2 atom stereocenters. The topological polar surface area (TPSA) is 126 Å². The number of aryl methyl sites for hydroxylation is 1. The zero-order chi connectivity index (χ0) is 22.3. The maximum absolute atomic E-state index is 13.0. The molecule has 0 unspecified atom stereocenters.